The molecule has 0 atom stereocenters. The van der Waals surface area contributed by atoms with Gasteiger partial charge < -0.3 is 26.0 Å². The molecule has 2 aliphatic heterocycles. The van der Waals surface area contributed by atoms with E-state index in [-0.39, 0.29) is 48.2 Å². The normalized spacial score (nSPS) is 15.0. The Hall–Kier alpha value is -4.88. The summed E-state index contributed by atoms with van der Waals surface area (Å²) in [6.07, 6.45) is 4.34. The number of ether oxygens (including phenoxy) is 1. The predicted molar refractivity (Wildman–Crippen MR) is 219 cm³/mol. The molecular formula is C42H52ClN9O3. The Kier molecular flexibility index (Phi) is 13.5. The molecule has 3 aromatic heterocycles. The lowest BCUT2D eigenvalue weighted by molar-refractivity contribution is 0.0904. The molecule has 0 aliphatic carbocycles. The minimum Gasteiger partial charge on any atom is -0.381 e. The number of amides is 2. The zero-order valence-electron chi connectivity index (χ0n) is 32.0. The maximum atomic E-state index is 13.5. The van der Waals surface area contributed by atoms with E-state index < -0.39 is 0 Å². The lowest BCUT2D eigenvalue weighted by Crippen LogP contribution is -2.42. The van der Waals surface area contributed by atoms with E-state index in [4.69, 9.17) is 9.72 Å². The monoisotopic (exact) mass is 765 g/mol. The van der Waals surface area contributed by atoms with Crippen molar-refractivity contribution in [2.75, 3.05) is 44.7 Å². The molecule has 0 saturated carbocycles. The molecule has 5 heterocycles. The Morgan fingerprint density at radius 3 is 2.35 bits per heavy atom. The molecule has 2 saturated heterocycles. The minimum atomic E-state index is -0.365. The van der Waals surface area contributed by atoms with Gasteiger partial charge in [0.1, 0.15) is 11.4 Å². The van der Waals surface area contributed by atoms with Crippen molar-refractivity contribution in [1.82, 2.24) is 40.6 Å². The maximum absolute atomic E-state index is 13.5. The Bertz CT molecular complexity index is 2110. The number of hydrogen-bond acceptors (Lipinski definition) is 9. The van der Waals surface area contributed by atoms with Crippen molar-refractivity contribution in [2.24, 2.45) is 0 Å². The summed E-state index contributed by atoms with van der Waals surface area (Å²) in [4.78, 5) is 38.8. The van der Waals surface area contributed by atoms with Gasteiger partial charge in [-0.05, 0) is 85.2 Å². The van der Waals surface area contributed by atoms with Crippen LogP contribution in [0.1, 0.15) is 75.6 Å². The number of aromatic nitrogens is 4. The first-order chi connectivity index (χ1) is 26.4. The van der Waals surface area contributed by atoms with Crippen LogP contribution in [-0.2, 0) is 37.3 Å². The molecule has 0 bridgehead atoms. The average molecular weight is 766 g/mol. The standard InChI is InChI=1S/C42H51N9O3.ClH/c1-4-36-34(39(47-32-14-20-54-21-15-32)35-26-46-51(5-2)40(35)49-36)25-45-42(53)38-11-7-10-37(48-38)41(52)44-24-29-13-12-28(3)33(23-29)31-9-6-8-30(22-31)27-50-18-16-43-17-19-50;/h6-13,22-23,26,32,43H,4-5,14-21,24-25,27H2,1-3H3,(H,44,52)(H,45,53)(H,47,49);1H. The molecule has 0 unspecified atom stereocenters. The zero-order chi connectivity index (χ0) is 37.4. The van der Waals surface area contributed by atoms with E-state index >= 15 is 0 Å². The molecule has 290 valence electrons. The fourth-order valence-electron chi connectivity index (χ4n) is 7.38. The van der Waals surface area contributed by atoms with Crippen LogP contribution < -0.4 is 21.3 Å². The van der Waals surface area contributed by atoms with Gasteiger partial charge in [0, 0.05) is 82.9 Å². The lowest BCUT2D eigenvalue weighted by Gasteiger charge is -2.27. The summed E-state index contributed by atoms with van der Waals surface area (Å²) in [5, 5.41) is 18.8. The topological polar surface area (TPSA) is 138 Å². The fraction of sp³-hybridized carbons (Fsp3) is 0.405. The van der Waals surface area contributed by atoms with Gasteiger partial charge in [-0.15, -0.1) is 12.4 Å². The summed E-state index contributed by atoms with van der Waals surface area (Å²) < 4.78 is 7.50. The number of pyridine rings is 2. The summed E-state index contributed by atoms with van der Waals surface area (Å²) in [6.45, 7) is 14.0. The minimum absolute atomic E-state index is 0. The van der Waals surface area contributed by atoms with Gasteiger partial charge in [-0.25, -0.2) is 14.6 Å². The van der Waals surface area contributed by atoms with Crippen molar-refractivity contribution in [2.45, 2.75) is 72.3 Å². The number of nitrogens with zero attached hydrogens (tertiary/aromatic N) is 5. The second-order valence-corrected chi connectivity index (χ2v) is 14.1. The molecule has 13 heteroatoms. The second-order valence-electron chi connectivity index (χ2n) is 14.1. The molecule has 0 radical (unpaired) electrons. The SMILES string of the molecule is CCc1nc2c(cnn2CC)c(NC2CCOCC2)c1CNC(=O)c1cccc(C(=O)NCc2ccc(C)c(-c3cccc(CN4CCNCC4)c3)c2)n1.Cl. The second kappa shape index (κ2) is 18.6. The Morgan fingerprint density at radius 1 is 0.891 bits per heavy atom. The number of nitrogens with one attached hydrogen (secondary N) is 4. The molecule has 2 amide bonds. The molecule has 12 nitrogen and oxygen atoms in total. The van der Waals surface area contributed by atoms with Crippen LogP contribution in [0.2, 0.25) is 0 Å². The van der Waals surface area contributed by atoms with Crippen molar-refractivity contribution >= 4 is 40.9 Å². The van der Waals surface area contributed by atoms with Crippen LogP contribution in [0.5, 0.6) is 0 Å². The first-order valence-corrected chi connectivity index (χ1v) is 19.3. The number of carbonyl (C=O) groups excluding carboxylic acids is 2. The van der Waals surface area contributed by atoms with Crippen molar-refractivity contribution in [3.63, 3.8) is 0 Å². The van der Waals surface area contributed by atoms with E-state index in [9.17, 15) is 9.59 Å². The number of benzene rings is 2. The van der Waals surface area contributed by atoms with Crippen LogP contribution in [-0.4, -0.2) is 81.9 Å². The van der Waals surface area contributed by atoms with Gasteiger partial charge in [0.05, 0.1) is 17.3 Å². The third-order valence-corrected chi connectivity index (χ3v) is 10.4. The summed E-state index contributed by atoms with van der Waals surface area (Å²) >= 11 is 0. The quantitative estimate of drug-likeness (QED) is 0.120. The van der Waals surface area contributed by atoms with Crippen LogP contribution in [0.3, 0.4) is 0 Å². The van der Waals surface area contributed by atoms with Crippen molar-refractivity contribution < 1.29 is 14.3 Å². The van der Waals surface area contributed by atoms with Gasteiger partial charge in [-0.3, -0.25) is 14.5 Å². The largest absolute Gasteiger partial charge is 0.381 e. The summed E-state index contributed by atoms with van der Waals surface area (Å²) in [5.41, 5.74) is 9.73. The van der Waals surface area contributed by atoms with Gasteiger partial charge in [0.25, 0.3) is 11.8 Å². The van der Waals surface area contributed by atoms with Gasteiger partial charge >= 0.3 is 0 Å². The van der Waals surface area contributed by atoms with Gasteiger partial charge in [-0.1, -0.05) is 43.3 Å². The summed E-state index contributed by atoms with van der Waals surface area (Å²) in [7, 11) is 0. The van der Waals surface area contributed by atoms with Crippen molar-refractivity contribution in [3.05, 3.63) is 106 Å². The van der Waals surface area contributed by atoms with Crippen LogP contribution in [0.25, 0.3) is 22.2 Å². The molecule has 2 aliphatic rings. The van der Waals surface area contributed by atoms with Gasteiger partial charge in [0.15, 0.2) is 5.65 Å². The first-order valence-electron chi connectivity index (χ1n) is 19.3. The highest BCUT2D eigenvalue weighted by Gasteiger charge is 2.23. The summed E-state index contributed by atoms with van der Waals surface area (Å²) in [5.74, 6) is -0.709. The Morgan fingerprint density at radius 2 is 1.62 bits per heavy atom. The number of aryl methyl sites for hydroxylation is 3. The number of piperazine rings is 1. The van der Waals surface area contributed by atoms with E-state index in [1.54, 1.807) is 18.2 Å². The van der Waals surface area contributed by atoms with E-state index in [2.05, 4.69) is 93.4 Å². The highest BCUT2D eigenvalue weighted by Crippen LogP contribution is 2.31. The van der Waals surface area contributed by atoms with Crippen LogP contribution in [0.4, 0.5) is 5.69 Å². The summed E-state index contributed by atoms with van der Waals surface area (Å²) in [6, 6.07) is 20.2. The molecule has 0 spiro atoms. The van der Waals surface area contributed by atoms with Crippen molar-refractivity contribution in [3.8, 4) is 11.1 Å². The van der Waals surface area contributed by atoms with Crippen LogP contribution in [0.15, 0.2) is 66.9 Å². The van der Waals surface area contributed by atoms with Gasteiger partial charge in [0.2, 0.25) is 0 Å². The third-order valence-electron chi connectivity index (χ3n) is 10.4. The van der Waals surface area contributed by atoms with Gasteiger partial charge in [-0.2, -0.15) is 5.10 Å². The maximum Gasteiger partial charge on any atom is 0.270 e. The highest BCUT2D eigenvalue weighted by molar-refractivity contribution is 5.97. The van der Waals surface area contributed by atoms with Crippen LogP contribution >= 0.6 is 12.4 Å². The lowest BCUT2D eigenvalue weighted by atomic mass is 9.96. The first kappa shape index (κ1) is 39.8. The van der Waals surface area contributed by atoms with E-state index in [0.29, 0.717) is 32.7 Å². The molecule has 2 fully saturated rings. The van der Waals surface area contributed by atoms with E-state index in [0.717, 1.165) is 90.2 Å². The number of rotatable bonds is 13. The fourth-order valence-corrected chi connectivity index (χ4v) is 7.38. The van der Waals surface area contributed by atoms with E-state index in [1.165, 1.54) is 11.1 Å². The Labute approximate surface area is 329 Å². The average Bonchev–Trinajstić information content (AvgIpc) is 3.63. The number of anilines is 1. The molecule has 7 rings (SSSR count). The number of hydrogen-bond donors (Lipinski definition) is 4. The molecule has 2 aromatic carbocycles. The van der Waals surface area contributed by atoms with Crippen LogP contribution in [0, 0.1) is 6.92 Å². The molecule has 4 N–H and O–H groups in total. The molecule has 55 heavy (non-hydrogen) atoms. The van der Waals surface area contributed by atoms with E-state index in [1.807, 2.05) is 16.9 Å². The smallest absolute Gasteiger partial charge is 0.270 e. The third kappa shape index (κ3) is 9.50. The number of halogens is 1. The predicted octanol–water partition coefficient (Wildman–Crippen LogP) is 5.66. The zero-order valence-corrected chi connectivity index (χ0v) is 32.8. The van der Waals surface area contributed by atoms with Crippen molar-refractivity contribution in [1.29, 1.82) is 0 Å². The number of fused-ring (bicyclic) bond motifs is 1. The number of carbonyl (C=O) groups is 2. The highest BCUT2D eigenvalue weighted by atomic mass is 35.5. The molecular weight excluding hydrogens is 714 g/mol. The molecule has 5 aromatic rings. The Balaban J connectivity index is 0.00000514.